The van der Waals surface area contributed by atoms with Crippen molar-refractivity contribution in [3.8, 4) is 0 Å². The summed E-state index contributed by atoms with van der Waals surface area (Å²) in [5, 5.41) is 0.897. The average molecular weight is 411 g/mol. The molecule has 2 fully saturated rings. The Bertz CT molecular complexity index is 623. The second-order valence-corrected chi connectivity index (χ2v) is 8.55. The third kappa shape index (κ3) is 3.44. The summed E-state index contributed by atoms with van der Waals surface area (Å²) in [5.41, 5.74) is 2.67. The molecule has 4 atom stereocenters. The highest BCUT2D eigenvalue weighted by Gasteiger charge is 2.56. The minimum atomic E-state index is -0.597. The van der Waals surface area contributed by atoms with E-state index in [0.717, 1.165) is 43.9 Å². The molecule has 1 aliphatic heterocycles. The lowest BCUT2D eigenvalue weighted by Gasteiger charge is -2.36. The van der Waals surface area contributed by atoms with E-state index in [1.165, 1.54) is 11.1 Å². The van der Waals surface area contributed by atoms with E-state index in [2.05, 4.69) is 29.4 Å². The molecule has 0 aromatic carbocycles. The monoisotopic (exact) mass is 410 g/mol. The zero-order chi connectivity index (χ0) is 18.2. The van der Waals surface area contributed by atoms with Crippen LogP contribution in [-0.2, 0) is 19.1 Å². The van der Waals surface area contributed by atoms with Crippen LogP contribution in [0.15, 0.2) is 23.3 Å². The van der Waals surface area contributed by atoms with Gasteiger partial charge in [-0.2, -0.15) is 0 Å². The van der Waals surface area contributed by atoms with Crippen molar-refractivity contribution < 1.29 is 19.1 Å². The van der Waals surface area contributed by atoms with Gasteiger partial charge in [0.1, 0.15) is 11.7 Å². The van der Waals surface area contributed by atoms with E-state index < -0.39 is 5.60 Å². The lowest BCUT2D eigenvalue weighted by atomic mass is 9.79. The molecule has 0 bridgehead atoms. The van der Waals surface area contributed by atoms with E-state index in [0.29, 0.717) is 12.0 Å². The first kappa shape index (κ1) is 18.7. The van der Waals surface area contributed by atoms with Crippen molar-refractivity contribution in [2.45, 2.75) is 70.5 Å². The number of hydrogen-bond acceptors (Lipinski definition) is 4. The average Bonchev–Trinajstić information content (AvgIpc) is 2.97. The molecule has 5 heteroatoms. The second kappa shape index (κ2) is 7.26. The minimum Gasteiger partial charge on any atom is -0.459 e. The number of allylic oxidation sites excluding steroid dienone is 1. The number of unbranched alkanes of at least 4 members (excludes halogenated alkanes) is 1. The van der Waals surface area contributed by atoms with Gasteiger partial charge >= 0.3 is 11.9 Å². The summed E-state index contributed by atoms with van der Waals surface area (Å²) in [5.74, 6) is -0.434. The standard InChI is InChI=1S/C20H27BrO4/c1-12-7-8-15-13(2)19(23)24-18(15)17-14(12)9-10-20(17,3)25-16(22)6-4-5-11-21/h15,17-18H,2,4-11H2,1,3H3/t15-,17-,18-,20+/m0/s1. The van der Waals surface area contributed by atoms with Crippen LogP contribution in [0.5, 0.6) is 0 Å². The Labute approximate surface area is 158 Å². The Morgan fingerprint density at radius 1 is 1.40 bits per heavy atom. The number of fused-ring (bicyclic) bond motifs is 3. The molecule has 0 aromatic heterocycles. The Morgan fingerprint density at radius 3 is 2.88 bits per heavy atom. The van der Waals surface area contributed by atoms with Gasteiger partial charge < -0.3 is 9.47 Å². The topological polar surface area (TPSA) is 52.6 Å². The number of carbonyl (C=O) groups excluding carboxylic acids is 2. The maximum Gasteiger partial charge on any atom is 0.334 e. The number of halogens is 1. The van der Waals surface area contributed by atoms with Crippen LogP contribution in [0.2, 0.25) is 0 Å². The van der Waals surface area contributed by atoms with Gasteiger partial charge in [0.05, 0.1) is 5.92 Å². The molecule has 1 saturated carbocycles. The highest BCUT2D eigenvalue weighted by Crippen LogP contribution is 2.53. The van der Waals surface area contributed by atoms with Crippen molar-refractivity contribution >= 4 is 27.9 Å². The summed E-state index contributed by atoms with van der Waals surface area (Å²) in [6.45, 7) is 8.13. The van der Waals surface area contributed by atoms with Gasteiger partial charge in [0.2, 0.25) is 0 Å². The van der Waals surface area contributed by atoms with E-state index in [9.17, 15) is 9.59 Å². The van der Waals surface area contributed by atoms with Gasteiger partial charge in [-0.05, 0) is 52.4 Å². The fourth-order valence-corrected chi connectivity index (χ4v) is 5.08. The molecule has 3 rings (SSSR count). The number of hydrogen-bond donors (Lipinski definition) is 0. The number of ether oxygens (including phenoxy) is 2. The summed E-state index contributed by atoms with van der Waals surface area (Å²) in [7, 11) is 0. The highest BCUT2D eigenvalue weighted by molar-refractivity contribution is 9.09. The summed E-state index contributed by atoms with van der Waals surface area (Å²) in [6.07, 6.45) is 5.53. The third-order valence-electron chi connectivity index (χ3n) is 6.09. The maximum absolute atomic E-state index is 12.4. The molecule has 4 nitrogen and oxygen atoms in total. The molecule has 0 spiro atoms. The lowest BCUT2D eigenvalue weighted by Crippen LogP contribution is -2.44. The van der Waals surface area contributed by atoms with E-state index in [1.54, 1.807) is 0 Å². The van der Waals surface area contributed by atoms with Gasteiger partial charge in [0, 0.05) is 23.2 Å². The number of esters is 2. The first-order valence-electron chi connectivity index (χ1n) is 9.23. The molecule has 2 aliphatic carbocycles. The number of rotatable bonds is 5. The Hall–Kier alpha value is -1.10. The van der Waals surface area contributed by atoms with Crippen LogP contribution in [0, 0.1) is 11.8 Å². The fraction of sp³-hybridized carbons (Fsp3) is 0.700. The predicted octanol–water partition coefficient (Wildman–Crippen LogP) is 4.47. The zero-order valence-corrected chi connectivity index (χ0v) is 16.7. The van der Waals surface area contributed by atoms with Crippen LogP contribution in [-0.4, -0.2) is 29.0 Å². The van der Waals surface area contributed by atoms with Crippen LogP contribution in [0.1, 0.15) is 58.8 Å². The SMILES string of the molecule is C=C1C(=O)O[C@H]2[C@H]1CCC(C)=C1CC[C@@](C)(OC(=O)CCCCBr)[C@@H]12. The van der Waals surface area contributed by atoms with Crippen LogP contribution >= 0.6 is 15.9 Å². The molecule has 0 N–H and O–H groups in total. The molecule has 0 unspecified atom stereocenters. The van der Waals surface area contributed by atoms with Crippen molar-refractivity contribution in [1.29, 1.82) is 0 Å². The Morgan fingerprint density at radius 2 is 2.16 bits per heavy atom. The summed E-state index contributed by atoms with van der Waals surface area (Å²) in [4.78, 5) is 24.4. The molecule has 1 heterocycles. The number of carbonyl (C=O) groups is 2. The molecule has 138 valence electrons. The molecule has 1 saturated heterocycles. The van der Waals surface area contributed by atoms with Crippen molar-refractivity contribution in [3.63, 3.8) is 0 Å². The van der Waals surface area contributed by atoms with Crippen LogP contribution < -0.4 is 0 Å². The van der Waals surface area contributed by atoms with Crippen molar-refractivity contribution in [3.05, 3.63) is 23.3 Å². The fourth-order valence-electron chi connectivity index (χ4n) is 4.68. The Balaban J connectivity index is 1.83. The number of alkyl halides is 1. The lowest BCUT2D eigenvalue weighted by molar-refractivity contribution is -0.167. The van der Waals surface area contributed by atoms with Crippen LogP contribution in [0.25, 0.3) is 0 Å². The van der Waals surface area contributed by atoms with Gasteiger partial charge in [-0.1, -0.05) is 33.7 Å². The first-order valence-corrected chi connectivity index (χ1v) is 10.4. The van der Waals surface area contributed by atoms with Gasteiger partial charge in [-0.25, -0.2) is 4.79 Å². The van der Waals surface area contributed by atoms with Gasteiger partial charge in [-0.3, -0.25) is 4.79 Å². The smallest absolute Gasteiger partial charge is 0.334 e. The summed E-state index contributed by atoms with van der Waals surface area (Å²) in [6, 6.07) is 0. The predicted molar refractivity (Wildman–Crippen MR) is 99.3 cm³/mol. The first-order chi connectivity index (χ1) is 11.9. The van der Waals surface area contributed by atoms with Crippen LogP contribution in [0.4, 0.5) is 0 Å². The van der Waals surface area contributed by atoms with Gasteiger partial charge in [0.25, 0.3) is 0 Å². The molecular formula is C20H27BrO4. The Kier molecular flexibility index (Phi) is 5.42. The van der Waals surface area contributed by atoms with Gasteiger partial charge in [0.15, 0.2) is 0 Å². The van der Waals surface area contributed by atoms with Crippen molar-refractivity contribution in [2.24, 2.45) is 11.8 Å². The largest absolute Gasteiger partial charge is 0.459 e. The second-order valence-electron chi connectivity index (χ2n) is 7.76. The molecule has 0 radical (unpaired) electrons. The molecule has 0 aromatic rings. The molecule has 0 amide bonds. The van der Waals surface area contributed by atoms with E-state index in [-0.39, 0.29) is 29.9 Å². The van der Waals surface area contributed by atoms with Crippen molar-refractivity contribution in [2.75, 3.05) is 5.33 Å². The molecular weight excluding hydrogens is 384 g/mol. The van der Waals surface area contributed by atoms with E-state index in [4.69, 9.17) is 9.47 Å². The summed E-state index contributed by atoms with van der Waals surface area (Å²) >= 11 is 3.39. The highest BCUT2D eigenvalue weighted by atomic mass is 79.9. The third-order valence-corrected chi connectivity index (χ3v) is 6.65. The molecule has 25 heavy (non-hydrogen) atoms. The quantitative estimate of drug-likeness (QED) is 0.220. The maximum atomic E-state index is 12.4. The van der Waals surface area contributed by atoms with Crippen LogP contribution in [0.3, 0.4) is 0 Å². The normalized spacial score (nSPS) is 34.4. The zero-order valence-electron chi connectivity index (χ0n) is 15.1. The van der Waals surface area contributed by atoms with Crippen molar-refractivity contribution in [1.82, 2.24) is 0 Å². The summed E-state index contributed by atoms with van der Waals surface area (Å²) < 4.78 is 11.7. The van der Waals surface area contributed by atoms with E-state index in [1.807, 2.05) is 6.92 Å². The molecule has 3 aliphatic rings. The van der Waals surface area contributed by atoms with E-state index >= 15 is 0 Å². The van der Waals surface area contributed by atoms with Gasteiger partial charge in [-0.15, -0.1) is 0 Å². The minimum absolute atomic E-state index is 0.0366.